The van der Waals surface area contributed by atoms with Crippen LogP contribution in [-0.4, -0.2) is 37.8 Å². The highest BCUT2D eigenvalue weighted by molar-refractivity contribution is 7.80. The molecule has 2 unspecified atom stereocenters. The van der Waals surface area contributed by atoms with E-state index in [9.17, 15) is 0 Å². The Hall–Kier alpha value is -0.810. The van der Waals surface area contributed by atoms with Gasteiger partial charge in [-0.25, -0.2) is 0 Å². The second-order valence-electron chi connectivity index (χ2n) is 4.51. The molecule has 1 aromatic rings. The van der Waals surface area contributed by atoms with Gasteiger partial charge in [-0.15, -0.1) is 0 Å². The van der Waals surface area contributed by atoms with Gasteiger partial charge in [0.1, 0.15) is 6.23 Å². The summed E-state index contributed by atoms with van der Waals surface area (Å²) in [6, 6.07) is 10.2. The normalized spacial score (nSPS) is 23.2. The number of thiol groups is 1. The predicted octanol–water partition coefficient (Wildman–Crippen LogP) is 2.35. The lowest BCUT2D eigenvalue weighted by Gasteiger charge is -2.10. The molecule has 104 valence electrons. The molecule has 1 saturated heterocycles. The zero-order valence-electron chi connectivity index (χ0n) is 11.0. The molecule has 0 aromatic heterocycles. The van der Waals surface area contributed by atoms with Crippen molar-refractivity contribution in [1.29, 1.82) is 0 Å². The summed E-state index contributed by atoms with van der Waals surface area (Å²) in [4.78, 5) is 0. The highest BCUT2D eigenvalue weighted by Crippen LogP contribution is 2.09. The fraction of sp³-hybridized carbons (Fsp3) is 0.467. The first-order chi connectivity index (χ1) is 9.38. The molecule has 1 fully saturated rings. The van der Waals surface area contributed by atoms with Crippen LogP contribution in [0.5, 0.6) is 0 Å². The summed E-state index contributed by atoms with van der Waals surface area (Å²) in [5, 5.41) is 3.31. The molecule has 0 aliphatic carbocycles. The number of nitrogens with one attached hydrogen (secondary N) is 1. The number of benzene rings is 1. The lowest BCUT2D eigenvalue weighted by molar-refractivity contribution is 0.00134. The van der Waals surface area contributed by atoms with Crippen LogP contribution < -0.4 is 5.32 Å². The Bertz CT molecular complexity index is 383. The van der Waals surface area contributed by atoms with E-state index in [1.54, 1.807) is 0 Å². The van der Waals surface area contributed by atoms with Gasteiger partial charge in [-0.2, -0.15) is 12.6 Å². The van der Waals surface area contributed by atoms with Crippen molar-refractivity contribution in [2.45, 2.75) is 18.8 Å². The molecule has 1 aliphatic heterocycles. The van der Waals surface area contributed by atoms with Crippen LogP contribution in [0.1, 0.15) is 12.0 Å². The van der Waals surface area contributed by atoms with Gasteiger partial charge >= 0.3 is 0 Å². The van der Waals surface area contributed by atoms with Gasteiger partial charge < -0.3 is 9.47 Å². The third-order valence-corrected chi connectivity index (χ3v) is 3.22. The van der Waals surface area contributed by atoms with E-state index in [1.165, 1.54) is 5.56 Å². The van der Waals surface area contributed by atoms with Crippen LogP contribution >= 0.6 is 12.6 Å². The molecule has 0 spiro atoms. The molecular formula is C15H21NO2S. The van der Waals surface area contributed by atoms with Crippen LogP contribution in [0.2, 0.25) is 0 Å². The van der Waals surface area contributed by atoms with E-state index in [2.05, 4.69) is 36.2 Å². The van der Waals surface area contributed by atoms with Crippen molar-refractivity contribution in [3.05, 3.63) is 42.0 Å². The lowest BCUT2D eigenvalue weighted by atomic mass is 10.2. The van der Waals surface area contributed by atoms with Crippen molar-refractivity contribution < 1.29 is 9.47 Å². The van der Waals surface area contributed by atoms with E-state index in [0.717, 1.165) is 25.3 Å². The van der Waals surface area contributed by atoms with E-state index in [0.29, 0.717) is 6.61 Å². The van der Waals surface area contributed by atoms with Gasteiger partial charge in [0, 0.05) is 13.2 Å². The van der Waals surface area contributed by atoms with E-state index >= 15 is 0 Å². The Morgan fingerprint density at radius 2 is 2.21 bits per heavy atom. The molecule has 3 nitrogen and oxygen atoms in total. The summed E-state index contributed by atoms with van der Waals surface area (Å²) in [5.41, 5.74) is 1.18. The van der Waals surface area contributed by atoms with Gasteiger partial charge in [0.15, 0.2) is 0 Å². The fourth-order valence-corrected chi connectivity index (χ4v) is 2.04. The molecule has 2 atom stereocenters. The molecule has 0 bridgehead atoms. The minimum Gasteiger partial charge on any atom is -0.379 e. The monoisotopic (exact) mass is 279 g/mol. The molecule has 1 heterocycles. The minimum atomic E-state index is -0.0151. The van der Waals surface area contributed by atoms with Gasteiger partial charge in [-0.3, -0.25) is 5.32 Å². The maximum absolute atomic E-state index is 5.82. The molecule has 0 amide bonds. The van der Waals surface area contributed by atoms with Crippen LogP contribution in [-0.2, 0) is 9.47 Å². The van der Waals surface area contributed by atoms with Gasteiger partial charge in [0.05, 0.1) is 12.7 Å². The Morgan fingerprint density at radius 1 is 1.37 bits per heavy atom. The molecule has 0 radical (unpaired) electrons. The quantitative estimate of drug-likeness (QED) is 0.593. The molecule has 2 rings (SSSR count). The van der Waals surface area contributed by atoms with E-state index in [1.807, 2.05) is 24.3 Å². The maximum atomic E-state index is 5.82. The van der Waals surface area contributed by atoms with Crippen molar-refractivity contribution >= 4 is 18.7 Å². The average molecular weight is 279 g/mol. The predicted molar refractivity (Wildman–Crippen MR) is 81.4 cm³/mol. The van der Waals surface area contributed by atoms with Gasteiger partial charge in [-0.05, 0) is 23.8 Å². The third kappa shape index (κ3) is 5.37. The summed E-state index contributed by atoms with van der Waals surface area (Å²) in [5.74, 6) is 0.867. The average Bonchev–Trinajstić information content (AvgIpc) is 2.91. The maximum Gasteiger partial charge on any atom is 0.128 e. The fourth-order valence-electron chi connectivity index (χ4n) is 1.91. The molecule has 1 aromatic carbocycles. The number of rotatable bonds is 7. The lowest BCUT2D eigenvalue weighted by Crippen LogP contribution is -2.21. The number of hydrogen-bond donors (Lipinski definition) is 2. The van der Waals surface area contributed by atoms with Crippen LogP contribution in [0.3, 0.4) is 0 Å². The molecule has 19 heavy (non-hydrogen) atoms. The third-order valence-electron chi connectivity index (χ3n) is 2.90. The first-order valence-corrected chi connectivity index (χ1v) is 7.32. The SMILES string of the molecule is SCCCOCC1CNC(/C=C/c2ccccc2)O1. The highest BCUT2D eigenvalue weighted by atomic mass is 32.1. The van der Waals surface area contributed by atoms with Crippen molar-refractivity contribution in [2.75, 3.05) is 25.5 Å². The zero-order chi connectivity index (χ0) is 13.3. The smallest absolute Gasteiger partial charge is 0.128 e. The Kier molecular flexibility index (Phi) is 6.44. The second kappa shape index (κ2) is 8.38. The van der Waals surface area contributed by atoms with Crippen molar-refractivity contribution in [3.63, 3.8) is 0 Å². The van der Waals surface area contributed by atoms with Crippen LogP contribution in [0.25, 0.3) is 6.08 Å². The Balaban J connectivity index is 1.69. The second-order valence-corrected chi connectivity index (χ2v) is 4.96. The summed E-state index contributed by atoms with van der Waals surface area (Å²) < 4.78 is 11.4. The van der Waals surface area contributed by atoms with Gasteiger partial charge in [0.25, 0.3) is 0 Å². The van der Waals surface area contributed by atoms with Crippen LogP contribution in [0.15, 0.2) is 36.4 Å². The van der Waals surface area contributed by atoms with Crippen molar-refractivity contribution in [1.82, 2.24) is 5.32 Å². The molecule has 1 N–H and O–H groups in total. The highest BCUT2D eigenvalue weighted by Gasteiger charge is 2.22. The van der Waals surface area contributed by atoms with Crippen molar-refractivity contribution in [3.8, 4) is 0 Å². The van der Waals surface area contributed by atoms with Gasteiger partial charge in [0.2, 0.25) is 0 Å². The number of ether oxygens (including phenoxy) is 2. The van der Waals surface area contributed by atoms with Crippen LogP contribution in [0.4, 0.5) is 0 Å². The standard InChI is InChI=1S/C15H21NO2S/c19-10-4-9-17-12-14-11-16-15(18-14)8-7-13-5-2-1-3-6-13/h1-3,5-8,14-16,19H,4,9-12H2/b8-7+. The van der Waals surface area contributed by atoms with E-state index < -0.39 is 0 Å². The Morgan fingerprint density at radius 3 is 3.00 bits per heavy atom. The molecule has 1 aliphatic rings. The number of hydrogen-bond acceptors (Lipinski definition) is 4. The summed E-state index contributed by atoms with van der Waals surface area (Å²) >= 11 is 4.15. The van der Waals surface area contributed by atoms with E-state index in [4.69, 9.17) is 9.47 Å². The minimum absolute atomic E-state index is 0.0151. The summed E-state index contributed by atoms with van der Waals surface area (Å²) in [6.07, 6.45) is 5.23. The largest absolute Gasteiger partial charge is 0.379 e. The van der Waals surface area contributed by atoms with Crippen molar-refractivity contribution in [2.24, 2.45) is 0 Å². The van der Waals surface area contributed by atoms with Gasteiger partial charge in [-0.1, -0.05) is 36.4 Å². The van der Waals surface area contributed by atoms with E-state index in [-0.39, 0.29) is 12.3 Å². The summed E-state index contributed by atoms with van der Waals surface area (Å²) in [7, 11) is 0. The van der Waals surface area contributed by atoms with Crippen LogP contribution in [0, 0.1) is 0 Å². The first kappa shape index (κ1) is 14.6. The molecule has 4 heteroatoms. The molecule has 0 saturated carbocycles. The Labute approximate surface area is 120 Å². The molecular weight excluding hydrogens is 258 g/mol. The first-order valence-electron chi connectivity index (χ1n) is 6.69. The topological polar surface area (TPSA) is 30.5 Å². The zero-order valence-corrected chi connectivity index (χ0v) is 11.9. The summed E-state index contributed by atoms with van der Waals surface area (Å²) in [6.45, 7) is 2.25.